The zero-order valence-corrected chi connectivity index (χ0v) is 15.5. The number of hydrogen-bond acceptors (Lipinski definition) is 0. The van der Waals surface area contributed by atoms with Crippen molar-refractivity contribution in [1.29, 1.82) is 0 Å². The zero-order chi connectivity index (χ0) is 15.7. The second kappa shape index (κ2) is 9.47. The first kappa shape index (κ1) is 20.9. The minimum atomic E-state index is 0.0659. The highest BCUT2D eigenvalue weighted by Crippen LogP contribution is 2.26. The van der Waals surface area contributed by atoms with Gasteiger partial charge in [0.2, 0.25) is 0 Å². The molecule has 1 aromatic carbocycles. The molecule has 0 amide bonds. The molecular weight excluding hydrogens is 248 g/mol. The topological polar surface area (TPSA) is 0 Å². The van der Waals surface area contributed by atoms with Gasteiger partial charge in [-0.15, -0.1) is 0 Å². The Morgan fingerprint density at radius 1 is 0.789 bits per heavy atom. The van der Waals surface area contributed by atoms with Gasteiger partial charge in [0.25, 0.3) is 0 Å². The van der Waals surface area contributed by atoms with E-state index < -0.39 is 0 Å². The predicted molar refractivity (Wildman–Crippen MR) is 95.6 cm³/mol. The van der Waals surface area contributed by atoms with Crippen LogP contribution in [0.2, 0.25) is 0 Å². The average Bonchev–Trinajstić information content (AvgIpc) is 2.31. The van der Waals surface area contributed by atoms with Crippen molar-refractivity contribution in [2.75, 3.05) is 0 Å². The van der Waals surface area contributed by atoms with E-state index in [1.165, 1.54) is 17.5 Å². The predicted octanol–water partition coefficient (Wildman–Crippen LogP) is 5.67. The lowest BCUT2D eigenvalue weighted by atomic mass is 9.86. The highest BCUT2D eigenvalue weighted by Gasteiger charge is 2.22. The number of rotatable bonds is 1. The van der Waals surface area contributed by atoms with Gasteiger partial charge in [-0.2, -0.15) is 0 Å². The van der Waals surface area contributed by atoms with Crippen LogP contribution in [0.5, 0.6) is 0 Å². The smallest absolute Gasteiger partial charge is 0.0683 e. The van der Waals surface area contributed by atoms with Crippen LogP contribution in [-0.2, 0) is 22.8 Å². The first-order valence-electron chi connectivity index (χ1n) is 7.49. The monoisotopic (exact) mass is 283 g/mol. The van der Waals surface area contributed by atoms with Gasteiger partial charge in [0.15, 0.2) is 0 Å². The normalized spacial score (nSPS) is 10.8. The maximum Gasteiger partial charge on any atom is 0.143 e. The van der Waals surface area contributed by atoms with Crippen molar-refractivity contribution in [2.24, 2.45) is 0 Å². The van der Waals surface area contributed by atoms with Gasteiger partial charge in [-0.3, -0.25) is 0 Å². The summed E-state index contributed by atoms with van der Waals surface area (Å²) in [6.45, 7) is 19.3. The fraction of sp³-hybridized carbons (Fsp3) is 0.667. The third-order valence-electron chi connectivity index (χ3n) is 2.47. The molecule has 0 atom stereocenters. The van der Waals surface area contributed by atoms with Crippen LogP contribution in [0.3, 0.4) is 0 Å². The maximum absolute atomic E-state index is 3.71. The van der Waals surface area contributed by atoms with Crippen LogP contribution in [0.25, 0.3) is 0 Å². The highest BCUT2D eigenvalue weighted by atomic mass is 32.1. The molecule has 0 saturated heterocycles. The lowest BCUT2D eigenvalue weighted by Crippen LogP contribution is -2.14. The van der Waals surface area contributed by atoms with Crippen LogP contribution in [-0.4, -0.2) is 0 Å². The van der Waals surface area contributed by atoms with E-state index in [-0.39, 0.29) is 10.2 Å². The Balaban J connectivity index is 0. The maximum atomic E-state index is 3.71. The average molecular weight is 284 g/mol. The van der Waals surface area contributed by atoms with Crippen LogP contribution in [0.15, 0.2) is 24.3 Å². The molecule has 19 heavy (non-hydrogen) atoms. The van der Waals surface area contributed by atoms with Gasteiger partial charge >= 0.3 is 0 Å². The molecule has 0 aliphatic heterocycles. The summed E-state index contributed by atoms with van der Waals surface area (Å²) in [6.07, 6.45) is 1.25. The Kier molecular flexibility index (Phi) is 10.4. The molecule has 0 heterocycles. The van der Waals surface area contributed by atoms with Crippen LogP contribution >= 0.6 is 0 Å². The van der Waals surface area contributed by atoms with E-state index in [2.05, 4.69) is 85.4 Å². The Labute approximate surface area is 127 Å². The van der Waals surface area contributed by atoms with Gasteiger partial charge in [-0.25, -0.2) is 0 Å². The van der Waals surface area contributed by atoms with E-state index in [0.29, 0.717) is 0 Å². The zero-order valence-electron chi connectivity index (χ0n) is 14.5. The molecule has 0 aliphatic carbocycles. The van der Waals surface area contributed by atoms with Gasteiger partial charge in [0.1, 0.15) is 4.75 Å². The summed E-state index contributed by atoms with van der Waals surface area (Å²) in [5.74, 6) is 0. The fourth-order valence-corrected chi connectivity index (χ4v) is 1.55. The SMILES string of the molecule is CC.CC(C)(C)c1ccc(C(C)(C)[SH2+])cc1.CCC. The molecule has 1 heteroatoms. The number of benzene rings is 1. The molecule has 0 spiro atoms. The summed E-state index contributed by atoms with van der Waals surface area (Å²) in [7, 11) is 0. The third kappa shape index (κ3) is 9.15. The molecule has 0 aliphatic rings. The van der Waals surface area contributed by atoms with E-state index in [0.717, 1.165) is 0 Å². The first-order chi connectivity index (χ1) is 8.62. The van der Waals surface area contributed by atoms with Crippen LogP contribution in [0.1, 0.15) is 79.9 Å². The molecule has 0 unspecified atom stereocenters. The van der Waals surface area contributed by atoms with E-state index in [9.17, 15) is 0 Å². The Morgan fingerprint density at radius 3 is 1.26 bits per heavy atom. The summed E-state index contributed by atoms with van der Waals surface area (Å²) in [5.41, 5.74) is 2.95. The van der Waals surface area contributed by atoms with Gasteiger partial charge in [-0.05, 0) is 37.5 Å². The lowest BCUT2D eigenvalue weighted by Gasteiger charge is -2.20. The van der Waals surface area contributed by atoms with E-state index in [1.807, 2.05) is 13.8 Å². The van der Waals surface area contributed by atoms with E-state index in [4.69, 9.17) is 0 Å². The Bertz CT molecular complexity index is 276. The van der Waals surface area contributed by atoms with Crippen molar-refractivity contribution in [3.05, 3.63) is 35.4 Å². The minimum Gasteiger partial charge on any atom is -0.0683 e. The van der Waals surface area contributed by atoms with Crippen molar-refractivity contribution in [3.63, 3.8) is 0 Å². The van der Waals surface area contributed by atoms with Crippen molar-refractivity contribution < 1.29 is 0 Å². The van der Waals surface area contributed by atoms with Crippen molar-refractivity contribution in [3.8, 4) is 0 Å². The van der Waals surface area contributed by atoms with Crippen molar-refractivity contribution in [1.82, 2.24) is 0 Å². The van der Waals surface area contributed by atoms with Crippen LogP contribution < -0.4 is 0 Å². The quantitative estimate of drug-likeness (QED) is 0.582. The molecule has 1 rings (SSSR count). The molecule has 0 saturated carbocycles. The molecule has 0 aromatic heterocycles. The van der Waals surface area contributed by atoms with Gasteiger partial charge in [0.05, 0.1) is 0 Å². The second-order valence-corrected chi connectivity index (χ2v) is 7.41. The second-order valence-electron chi connectivity index (χ2n) is 6.16. The summed E-state index contributed by atoms with van der Waals surface area (Å²) in [5, 5.41) is 0. The molecule has 0 fully saturated rings. The molecule has 1 aromatic rings. The lowest BCUT2D eigenvalue weighted by molar-refractivity contribution is 0.589. The van der Waals surface area contributed by atoms with Gasteiger partial charge < -0.3 is 0 Å². The van der Waals surface area contributed by atoms with Crippen LogP contribution in [0, 0.1) is 0 Å². The Hall–Kier alpha value is -0.430. The highest BCUT2D eigenvalue weighted by molar-refractivity contribution is 7.59. The van der Waals surface area contributed by atoms with E-state index in [1.54, 1.807) is 0 Å². The Morgan fingerprint density at radius 2 is 1.05 bits per heavy atom. The molecule has 0 nitrogen and oxygen atoms in total. The van der Waals surface area contributed by atoms with Gasteiger partial charge in [-0.1, -0.05) is 79.2 Å². The number of hydrogen-bond donors (Lipinski definition) is 0. The summed E-state index contributed by atoms with van der Waals surface area (Å²) < 4.78 is 0.0659. The molecular formula is C18H35S+. The molecule has 112 valence electrons. The third-order valence-corrected chi connectivity index (χ3v) is 2.76. The standard InChI is InChI=1S/C13H20S.C3H8.C2H6/c1-12(2,3)10-6-8-11(9-7-10)13(4,5)14;1-3-2;1-2/h6-9,14H,1-5H3;3H2,1-2H3;1-2H3/p+1. The molecule has 0 radical (unpaired) electrons. The minimum absolute atomic E-state index is 0.0659. The largest absolute Gasteiger partial charge is 0.143 e. The fourth-order valence-electron chi connectivity index (χ4n) is 1.39. The van der Waals surface area contributed by atoms with Crippen LogP contribution in [0.4, 0.5) is 0 Å². The van der Waals surface area contributed by atoms with E-state index >= 15 is 0 Å². The van der Waals surface area contributed by atoms with Crippen molar-refractivity contribution in [2.45, 2.75) is 78.9 Å². The van der Waals surface area contributed by atoms with Gasteiger partial charge in [0, 0.05) is 5.56 Å². The summed E-state index contributed by atoms with van der Waals surface area (Å²) >= 11 is 3.71. The summed E-state index contributed by atoms with van der Waals surface area (Å²) in [6, 6.07) is 8.84. The van der Waals surface area contributed by atoms with Crippen molar-refractivity contribution >= 4 is 12.6 Å². The molecule has 0 N–H and O–H groups in total. The summed E-state index contributed by atoms with van der Waals surface area (Å²) in [4.78, 5) is 0. The molecule has 0 bridgehead atoms. The first-order valence-corrected chi connectivity index (χ1v) is 7.99.